The number of rotatable bonds is 7. The maximum Gasteiger partial charge on any atom is 0.307 e. The second kappa shape index (κ2) is 9.23. The summed E-state index contributed by atoms with van der Waals surface area (Å²) >= 11 is 1.11. The van der Waals surface area contributed by atoms with Gasteiger partial charge in [-0.2, -0.15) is 0 Å². The lowest BCUT2D eigenvalue weighted by Gasteiger charge is -2.08. The first-order valence-electron chi connectivity index (χ1n) is 7.34. The molecule has 2 aromatic carbocycles. The number of halogens is 4. The van der Waals surface area contributed by atoms with Gasteiger partial charge in [0.15, 0.2) is 18.2 Å². The van der Waals surface area contributed by atoms with Crippen molar-refractivity contribution < 1.29 is 31.9 Å². The van der Waals surface area contributed by atoms with Gasteiger partial charge in [-0.15, -0.1) is 11.8 Å². The Bertz CT molecular complexity index is 796. The number of esters is 1. The first-order chi connectivity index (χ1) is 12.4. The zero-order valence-corrected chi connectivity index (χ0v) is 14.0. The van der Waals surface area contributed by atoms with Crippen LogP contribution in [0.5, 0.6) is 0 Å². The van der Waals surface area contributed by atoms with Crippen LogP contribution in [-0.2, 0) is 14.3 Å². The Morgan fingerprint density at radius 2 is 1.65 bits per heavy atom. The fraction of sp³-hybridized carbons (Fsp3) is 0.176. The number of carbonyl (C=O) groups excluding carboxylic acids is 2. The lowest BCUT2D eigenvalue weighted by Crippen LogP contribution is -2.22. The number of ether oxygens (including phenoxy) is 1. The fourth-order valence-electron chi connectivity index (χ4n) is 1.83. The van der Waals surface area contributed by atoms with Gasteiger partial charge < -0.3 is 10.1 Å². The summed E-state index contributed by atoms with van der Waals surface area (Å²) in [6.07, 6.45) is -0.0923. The molecule has 26 heavy (non-hydrogen) atoms. The van der Waals surface area contributed by atoms with Crippen LogP contribution in [-0.4, -0.2) is 24.2 Å². The number of amides is 1. The molecular formula is C17H13F4NO3S. The van der Waals surface area contributed by atoms with E-state index in [0.29, 0.717) is 4.90 Å². The zero-order valence-electron chi connectivity index (χ0n) is 13.2. The summed E-state index contributed by atoms with van der Waals surface area (Å²) in [7, 11) is 0. The van der Waals surface area contributed by atoms with Crippen LogP contribution in [0.4, 0.5) is 23.2 Å². The summed E-state index contributed by atoms with van der Waals surface area (Å²) in [5, 5.41) is 1.98. The molecule has 1 N–H and O–H groups in total. The normalized spacial score (nSPS) is 10.5. The van der Waals surface area contributed by atoms with Crippen molar-refractivity contribution in [1.82, 2.24) is 0 Å². The van der Waals surface area contributed by atoms with E-state index in [1.165, 1.54) is 6.07 Å². The van der Waals surface area contributed by atoms with Gasteiger partial charge in [0.1, 0.15) is 17.3 Å². The van der Waals surface area contributed by atoms with E-state index in [2.05, 4.69) is 0 Å². The number of anilines is 1. The maximum absolute atomic E-state index is 13.4. The van der Waals surface area contributed by atoms with E-state index in [1.807, 2.05) is 5.32 Å². The van der Waals surface area contributed by atoms with E-state index >= 15 is 0 Å². The molecule has 0 saturated heterocycles. The number of thioether (sulfide) groups is 1. The SMILES string of the molecule is O=C(COC(=O)CCSc1ccc(F)c(F)c1)Nc1c(F)cccc1F. The molecule has 0 atom stereocenters. The first kappa shape index (κ1) is 19.8. The highest BCUT2D eigenvalue weighted by Gasteiger charge is 2.13. The van der Waals surface area contributed by atoms with Crippen molar-refractivity contribution in [2.75, 3.05) is 17.7 Å². The molecule has 0 bridgehead atoms. The predicted molar refractivity (Wildman–Crippen MR) is 87.6 cm³/mol. The molecule has 0 fully saturated rings. The summed E-state index contributed by atoms with van der Waals surface area (Å²) in [5.41, 5.74) is -0.623. The Labute approximate surface area is 150 Å². The summed E-state index contributed by atoms with van der Waals surface area (Å²) in [5.74, 6) is -5.26. The largest absolute Gasteiger partial charge is 0.456 e. The molecule has 0 unspecified atom stereocenters. The van der Waals surface area contributed by atoms with Gasteiger partial charge in [0.25, 0.3) is 5.91 Å². The van der Waals surface area contributed by atoms with E-state index in [-0.39, 0.29) is 12.2 Å². The molecule has 2 aromatic rings. The van der Waals surface area contributed by atoms with Gasteiger partial charge in [-0.05, 0) is 30.3 Å². The Kier molecular flexibility index (Phi) is 7.02. The average Bonchev–Trinajstić information content (AvgIpc) is 2.59. The third kappa shape index (κ3) is 5.76. The van der Waals surface area contributed by atoms with Gasteiger partial charge >= 0.3 is 5.97 Å². The zero-order chi connectivity index (χ0) is 19.1. The summed E-state index contributed by atoms with van der Waals surface area (Å²) in [6, 6.07) is 6.43. The molecule has 4 nitrogen and oxygen atoms in total. The van der Waals surface area contributed by atoms with Crippen LogP contribution in [0.2, 0.25) is 0 Å². The second-order valence-electron chi connectivity index (χ2n) is 4.98. The molecule has 1 amide bonds. The van der Waals surface area contributed by atoms with Gasteiger partial charge in [0.05, 0.1) is 6.42 Å². The highest BCUT2D eigenvalue weighted by molar-refractivity contribution is 7.99. The summed E-state index contributed by atoms with van der Waals surface area (Å²) in [6.45, 7) is -0.706. The monoisotopic (exact) mass is 387 g/mol. The van der Waals surface area contributed by atoms with Gasteiger partial charge in [-0.3, -0.25) is 9.59 Å². The molecule has 2 rings (SSSR count). The van der Waals surface area contributed by atoms with Gasteiger partial charge in [-0.25, -0.2) is 17.6 Å². The number of hydrogen-bond acceptors (Lipinski definition) is 4. The van der Waals surface area contributed by atoms with Crippen molar-refractivity contribution in [1.29, 1.82) is 0 Å². The van der Waals surface area contributed by atoms with Crippen molar-refractivity contribution in [2.24, 2.45) is 0 Å². The number of nitrogens with one attached hydrogen (secondary N) is 1. The molecule has 0 saturated carbocycles. The lowest BCUT2D eigenvalue weighted by atomic mass is 10.3. The highest BCUT2D eigenvalue weighted by atomic mass is 32.2. The van der Waals surface area contributed by atoms with Crippen molar-refractivity contribution >= 4 is 29.3 Å². The molecule has 138 valence electrons. The van der Waals surface area contributed by atoms with Crippen LogP contribution in [0.3, 0.4) is 0 Å². The minimum Gasteiger partial charge on any atom is -0.456 e. The van der Waals surface area contributed by atoms with Crippen molar-refractivity contribution in [2.45, 2.75) is 11.3 Å². The third-order valence-electron chi connectivity index (χ3n) is 3.06. The van der Waals surface area contributed by atoms with Crippen LogP contribution in [0.15, 0.2) is 41.3 Å². The van der Waals surface area contributed by atoms with Crippen LogP contribution in [0, 0.1) is 23.3 Å². The predicted octanol–water partition coefficient (Wildman–Crippen LogP) is 3.91. The number of hydrogen-bond donors (Lipinski definition) is 1. The number of benzene rings is 2. The van der Waals surface area contributed by atoms with Gasteiger partial charge in [-0.1, -0.05) is 6.07 Å². The second-order valence-corrected chi connectivity index (χ2v) is 6.15. The smallest absolute Gasteiger partial charge is 0.307 e. The molecule has 0 radical (unpaired) electrons. The minimum atomic E-state index is -0.991. The minimum absolute atomic E-state index is 0.0923. The molecule has 0 heterocycles. The molecule has 0 aliphatic heterocycles. The molecule has 0 aromatic heterocycles. The van der Waals surface area contributed by atoms with E-state index in [1.54, 1.807) is 0 Å². The molecular weight excluding hydrogens is 374 g/mol. The standard InChI is InChI=1S/C17H13F4NO3S/c18-11-5-4-10(8-14(11)21)26-7-6-16(24)25-9-15(23)22-17-12(19)2-1-3-13(17)20/h1-5,8H,6-7,9H2,(H,22,23). The van der Waals surface area contributed by atoms with Crippen molar-refractivity contribution in [3.05, 3.63) is 59.7 Å². The summed E-state index contributed by atoms with van der Waals surface area (Å²) in [4.78, 5) is 23.6. The van der Waals surface area contributed by atoms with Crippen LogP contribution in [0.25, 0.3) is 0 Å². The maximum atomic E-state index is 13.4. The fourth-order valence-corrected chi connectivity index (χ4v) is 2.69. The Morgan fingerprint density at radius 1 is 0.962 bits per heavy atom. The third-order valence-corrected chi connectivity index (χ3v) is 4.05. The topological polar surface area (TPSA) is 55.4 Å². The molecule has 0 aliphatic rings. The number of carbonyl (C=O) groups is 2. The van der Waals surface area contributed by atoms with Gasteiger partial charge in [0.2, 0.25) is 0 Å². The van der Waals surface area contributed by atoms with Crippen molar-refractivity contribution in [3.8, 4) is 0 Å². The van der Waals surface area contributed by atoms with Crippen molar-refractivity contribution in [3.63, 3.8) is 0 Å². The Morgan fingerprint density at radius 3 is 2.31 bits per heavy atom. The highest BCUT2D eigenvalue weighted by Crippen LogP contribution is 2.21. The molecule has 0 spiro atoms. The van der Waals surface area contributed by atoms with E-state index < -0.39 is 47.4 Å². The molecule has 0 aliphatic carbocycles. The van der Waals surface area contributed by atoms with Gasteiger partial charge in [0, 0.05) is 10.6 Å². The quantitative estimate of drug-likeness (QED) is 0.445. The van der Waals surface area contributed by atoms with Crippen LogP contribution >= 0.6 is 11.8 Å². The average molecular weight is 387 g/mol. The van der Waals surface area contributed by atoms with E-state index in [9.17, 15) is 27.2 Å². The number of para-hydroxylation sites is 1. The van der Waals surface area contributed by atoms with E-state index in [0.717, 1.165) is 42.1 Å². The van der Waals surface area contributed by atoms with Crippen LogP contribution < -0.4 is 5.32 Å². The Balaban J connectivity index is 1.72. The Hall–Kier alpha value is -2.55. The van der Waals surface area contributed by atoms with E-state index in [4.69, 9.17) is 4.74 Å². The molecule has 9 heteroatoms. The summed E-state index contributed by atoms with van der Waals surface area (Å²) < 4.78 is 57.3. The van der Waals surface area contributed by atoms with Crippen LogP contribution in [0.1, 0.15) is 6.42 Å². The first-order valence-corrected chi connectivity index (χ1v) is 8.32. The lowest BCUT2D eigenvalue weighted by molar-refractivity contribution is -0.146.